The standard InChI is InChI=1S/C20H24ClF2N3/c1-2-3-9-26-12-8-18(19(21)20(26)24)25-10-6-14(7-11-25)16-5-4-15(22)13-17(16)23/h4-5,8,12-14,24H,2-3,6-7,9-11H2,1H3. The van der Waals surface area contributed by atoms with E-state index in [1.807, 2.05) is 16.8 Å². The largest absolute Gasteiger partial charge is 0.370 e. The second-order valence-electron chi connectivity index (χ2n) is 6.84. The maximum atomic E-state index is 14.0. The van der Waals surface area contributed by atoms with Crippen molar-refractivity contribution in [1.82, 2.24) is 4.57 Å². The Hall–Kier alpha value is -1.88. The van der Waals surface area contributed by atoms with Crippen molar-refractivity contribution < 1.29 is 8.78 Å². The van der Waals surface area contributed by atoms with Gasteiger partial charge in [-0.15, -0.1) is 0 Å². The summed E-state index contributed by atoms with van der Waals surface area (Å²) in [5, 5.41) is 8.74. The van der Waals surface area contributed by atoms with Crippen molar-refractivity contribution in [3.05, 3.63) is 58.2 Å². The monoisotopic (exact) mass is 379 g/mol. The lowest BCUT2D eigenvalue weighted by Crippen LogP contribution is -2.35. The molecule has 1 fully saturated rings. The molecule has 0 saturated carbocycles. The second kappa shape index (κ2) is 8.21. The Bertz CT molecular complexity index is 826. The Morgan fingerprint density at radius 1 is 1.19 bits per heavy atom. The first-order chi connectivity index (χ1) is 12.5. The van der Waals surface area contributed by atoms with Crippen LogP contribution in [-0.4, -0.2) is 17.7 Å². The number of halogens is 3. The molecule has 2 aromatic rings. The van der Waals surface area contributed by atoms with Crippen LogP contribution >= 0.6 is 11.6 Å². The first-order valence-corrected chi connectivity index (χ1v) is 9.52. The highest BCUT2D eigenvalue weighted by atomic mass is 35.5. The zero-order valence-electron chi connectivity index (χ0n) is 14.9. The van der Waals surface area contributed by atoms with Crippen molar-refractivity contribution in [1.29, 1.82) is 5.41 Å². The van der Waals surface area contributed by atoms with Crippen LogP contribution in [0.5, 0.6) is 0 Å². The molecule has 1 aromatic heterocycles. The molecule has 1 aliphatic rings. The number of piperidine rings is 1. The van der Waals surface area contributed by atoms with Crippen LogP contribution in [-0.2, 0) is 6.54 Å². The number of hydrogen-bond acceptors (Lipinski definition) is 2. The molecular formula is C20H24ClF2N3. The van der Waals surface area contributed by atoms with Crippen LogP contribution in [0.25, 0.3) is 0 Å². The van der Waals surface area contributed by atoms with E-state index >= 15 is 0 Å². The number of nitrogens with one attached hydrogen (secondary N) is 1. The minimum absolute atomic E-state index is 0.0827. The SMILES string of the molecule is CCCCn1ccc(N2CCC(c3ccc(F)cc3F)CC2)c(Cl)c1=N. The van der Waals surface area contributed by atoms with Crippen LogP contribution < -0.4 is 10.4 Å². The number of aryl methyl sites for hydroxylation is 1. The maximum absolute atomic E-state index is 14.0. The first kappa shape index (κ1) is 18.9. The number of hydrogen-bond donors (Lipinski definition) is 1. The molecular weight excluding hydrogens is 356 g/mol. The topological polar surface area (TPSA) is 32.0 Å². The predicted molar refractivity (Wildman–Crippen MR) is 101 cm³/mol. The van der Waals surface area contributed by atoms with Gasteiger partial charge in [-0.05, 0) is 42.9 Å². The maximum Gasteiger partial charge on any atom is 0.145 e. The van der Waals surface area contributed by atoms with Crippen molar-refractivity contribution >= 4 is 17.3 Å². The third-order valence-electron chi connectivity index (χ3n) is 5.12. The fourth-order valence-corrected chi connectivity index (χ4v) is 3.87. The van der Waals surface area contributed by atoms with Crippen molar-refractivity contribution in [3.8, 4) is 0 Å². The van der Waals surface area contributed by atoms with E-state index in [2.05, 4.69) is 11.8 Å². The predicted octanol–water partition coefficient (Wildman–Crippen LogP) is 5.08. The van der Waals surface area contributed by atoms with Gasteiger partial charge in [-0.25, -0.2) is 8.78 Å². The highest BCUT2D eigenvalue weighted by Crippen LogP contribution is 2.33. The average Bonchev–Trinajstić information content (AvgIpc) is 2.63. The average molecular weight is 380 g/mol. The third-order valence-corrected chi connectivity index (χ3v) is 5.50. The third kappa shape index (κ3) is 3.93. The smallest absolute Gasteiger partial charge is 0.145 e. The van der Waals surface area contributed by atoms with Gasteiger partial charge in [-0.2, -0.15) is 0 Å². The van der Waals surface area contributed by atoms with Gasteiger partial charge in [-0.3, -0.25) is 5.41 Å². The van der Waals surface area contributed by atoms with Crippen molar-refractivity contribution in [2.24, 2.45) is 0 Å². The molecule has 0 aliphatic carbocycles. The minimum atomic E-state index is -0.542. The van der Waals surface area contributed by atoms with E-state index in [-0.39, 0.29) is 5.92 Å². The molecule has 3 nitrogen and oxygen atoms in total. The van der Waals surface area contributed by atoms with Crippen molar-refractivity contribution in [2.75, 3.05) is 18.0 Å². The van der Waals surface area contributed by atoms with Crippen LogP contribution in [0.15, 0.2) is 30.5 Å². The van der Waals surface area contributed by atoms with E-state index in [4.69, 9.17) is 17.0 Å². The summed E-state index contributed by atoms with van der Waals surface area (Å²) in [6.07, 6.45) is 5.55. The van der Waals surface area contributed by atoms with Crippen LogP contribution in [0.3, 0.4) is 0 Å². The Labute approximate surface area is 157 Å². The summed E-state index contributed by atoms with van der Waals surface area (Å²) in [4.78, 5) is 2.16. The van der Waals surface area contributed by atoms with Gasteiger partial charge in [0.1, 0.15) is 22.1 Å². The lowest BCUT2D eigenvalue weighted by atomic mass is 9.89. The number of nitrogens with zero attached hydrogens (tertiary/aromatic N) is 2. The van der Waals surface area contributed by atoms with E-state index in [9.17, 15) is 8.78 Å². The number of benzene rings is 1. The summed E-state index contributed by atoms with van der Waals surface area (Å²) >= 11 is 6.46. The van der Waals surface area contributed by atoms with Gasteiger partial charge in [0.05, 0.1) is 5.69 Å². The molecule has 0 bridgehead atoms. The summed E-state index contributed by atoms with van der Waals surface area (Å²) < 4.78 is 29.0. The molecule has 1 aromatic carbocycles. The van der Waals surface area contributed by atoms with Gasteiger partial charge < -0.3 is 9.47 Å². The van der Waals surface area contributed by atoms with Gasteiger partial charge in [0.2, 0.25) is 0 Å². The molecule has 0 spiro atoms. The molecule has 1 saturated heterocycles. The molecule has 0 unspecified atom stereocenters. The Morgan fingerprint density at radius 2 is 1.92 bits per heavy atom. The van der Waals surface area contributed by atoms with Gasteiger partial charge in [0, 0.05) is 31.9 Å². The fraction of sp³-hybridized carbons (Fsp3) is 0.450. The van der Waals surface area contributed by atoms with E-state index in [0.717, 1.165) is 57.1 Å². The highest BCUT2D eigenvalue weighted by molar-refractivity contribution is 6.33. The van der Waals surface area contributed by atoms with E-state index in [0.29, 0.717) is 16.1 Å². The van der Waals surface area contributed by atoms with Crippen molar-refractivity contribution in [2.45, 2.75) is 45.1 Å². The number of pyridine rings is 1. The number of rotatable bonds is 5. The quantitative estimate of drug-likeness (QED) is 0.771. The summed E-state index contributed by atoms with van der Waals surface area (Å²) in [6.45, 7) is 4.38. The van der Waals surface area contributed by atoms with Gasteiger partial charge in [-0.1, -0.05) is 31.0 Å². The highest BCUT2D eigenvalue weighted by Gasteiger charge is 2.24. The minimum Gasteiger partial charge on any atom is -0.370 e. The normalized spacial score (nSPS) is 15.5. The first-order valence-electron chi connectivity index (χ1n) is 9.14. The molecule has 0 amide bonds. The number of unbranched alkanes of at least 4 members (excludes halogenated alkanes) is 1. The molecule has 0 atom stereocenters. The molecule has 1 N–H and O–H groups in total. The van der Waals surface area contributed by atoms with E-state index in [1.54, 1.807) is 6.07 Å². The molecule has 2 heterocycles. The van der Waals surface area contributed by atoms with Gasteiger partial charge in [0.25, 0.3) is 0 Å². The van der Waals surface area contributed by atoms with Gasteiger partial charge >= 0.3 is 0 Å². The van der Waals surface area contributed by atoms with Crippen molar-refractivity contribution in [3.63, 3.8) is 0 Å². The summed E-state index contributed by atoms with van der Waals surface area (Å²) in [5.41, 5.74) is 1.79. The lowest BCUT2D eigenvalue weighted by molar-refractivity contribution is 0.477. The molecule has 3 rings (SSSR count). The molecule has 1 aliphatic heterocycles. The van der Waals surface area contributed by atoms with Crippen LogP contribution in [0.4, 0.5) is 14.5 Å². The van der Waals surface area contributed by atoms with E-state index < -0.39 is 11.6 Å². The summed E-state index contributed by atoms with van der Waals surface area (Å²) in [7, 11) is 0. The molecule has 26 heavy (non-hydrogen) atoms. The summed E-state index contributed by atoms with van der Waals surface area (Å²) in [6, 6.07) is 5.80. The van der Waals surface area contributed by atoms with Crippen LogP contribution in [0, 0.1) is 17.0 Å². The fourth-order valence-electron chi connectivity index (χ4n) is 3.58. The Balaban J connectivity index is 1.72. The Morgan fingerprint density at radius 3 is 2.58 bits per heavy atom. The number of aromatic nitrogens is 1. The summed E-state index contributed by atoms with van der Waals surface area (Å²) in [5.74, 6) is -0.926. The zero-order chi connectivity index (χ0) is 18.7. The second-order valence-corrected chi connectivity index (χ2v) is 7.22. The van der Waals surface area contributed by atoms with Gasteiger partial charge in [0.15, 0.2) is 0 Å². The van der Waals surface area contributed by atoms with Crippen LogP contribution in [0.2, 0.25) is 5.02 Å². The van der Waals surface area contributed by atoms with E-state index in [1.165, 1.54) is 6.07 Å². The van der Waals surface area contributed by atoms with Crippen LogP contribution in [0.1, 0.15) is 44.1 Å². The number of anilines is 1. The molecule has 140 valence electrons. The Kier molecular flexibility index (Phi) is 5.97. The lowest BCUT2D eigenvalue weighted by Gasteiger charge is -2.34. The zero-order valence-corrected chi connectivity index (χ0v) is 15.7. The molecule has 6 heteroatoms. The molecule has 0 radical (unpaired) electrons.